The van der Waals surface area contributed by atoms with Gasteiger partial charge in [-0.1, -0.05) is 29.3 Å². The number of halogens is 2. The number of imidazole rings is 1. The molecule has 0 unspecified atom stereocenters. The van der Waals surface area contributed by atoms with Gasteiger partial charge in [-0.05, 0) is 57.5 Å². The molecule has 2 heterocycles. The molecule has 3 aromatic rings. The van der Waals surface area contributed by atoms with Crippen molar-refractivity contribution in [1.82, 2.24) is 23.6 Å². The molecule has 1 N–H and O–H groups in total. The summed E-state index contributed by atoms with van der Waals surface area (Å²) in [6.45, 7) is 0.0966. The van der Waals surface area contributed by atoms with E-state index in [0.29, 0.717) is 33.2 Å². The van der Waals surface area contributed by atoms with E-state index in [1.807, 2.05) is 0 Å². The number of aromatic nitrogens is 4. The number of nitrogens with one attached hydrogen (secondary N) is 1. The van der Waals surface area contributed by atoms with Gasteiger partial charge in [0.05, 0.1) is 16.6 Å². The van der Waals surface area contributed by atoms with E-state index in [1.165, 1.54) is 15.6 Å². The molecule has 1 aliphatic rings. The van der Waals surface area contributed by atoms with Gasteiger partial charge in [0.2, 0.25) is 5.95 Å². The van der Waals surface area contributed by atoms with Crippen LogP contribution in [0.1, 0.15) is 31.2 Å². The van der Waals surface area contributed by atoms with Gasteiger partial charge in [-0.3, -0.25) is 13.9 Å². The van der Waals surface area contributed by atoms with Gasteiger partial charge in [-0.2, -0.15) is 4.98 Å². The van der Waals surface area contributed by atoms with Crippen molar-refractivity contribution in [2.45, 2.75) is 44.3 Å². The Balaban J connectivity index is 1.72. The number of fused-ring (bicyclic) bond motifs is 1. The highest BCUT2D eigenvalue weighted by atomic mass is 35.5. The third kappa shape index (κ3) is 4.19. The van der Waals surface area contributed by atoms with Crippen LogP contribution in [0.3, 0.4) is 0 Å². The molecular weight excluding hydrogens is 451 g/mol. The Bertz CT molecular complexity index is 1280. The molecular formula is C22H28Cl2N6O2. The predicted molar refractivity (Wildman–Crippen MR) is 129 cm³/mol. The van der Waals surface area contributed by atoms with E-state index in [-0.39, 0.29) is 18.1 Å². The minimum atomic E-state index is -0.427. The summed E-state index contributed by atoms with van der Waals surface area (Å²) >= 11 is 12.1. The van der Waals surface area contributed by atoms with E-state index in [9.17, 15) is 9.59 Å². The molecule has 1 aromatic carbocycles. The van der Waals surface area contributed by atoms with Crippen LogP contribution in [0.15, 0.2) is 27.8 Å². The van der Waals surface area contributed by atoms with Gasteiger partial charge in [0, 0.05) is 26.2 Å². The summed E-state index contributed by atoms with van der Waals surface area (Å²) in [5.74, 6) is 0.601. The molecule has 0 amide bonds. The Hall–Kier alpha value is -2.29. The van der Waals surface area contributed by atoms with Crippen molar-refractivity contribution in [3.05, 3.63) is 54.6 Å². The second-order valence-electron chi connectivity index (χ2n) is 8.77. The van der Waals surface area contributed by atoms with Crippen LogP contribution in [-0.2, 0) is 20.6 Å². The Labute approximate surface area is 196 Å². The summed E-state index contributed by atoms with van der Waals surface area (Å²) in [4.78, 5) is 33.2. The lowest BCUT2D eigenvalue weighted by atomic mass is 9.90. The molecule has 0 radical (unpaired) electrons. The average Bonchev–Trinajstić information content (AvgIpc) is 3.08. The number of nitrogens with zero attached hydrogens (tertiary/aromatic N) is 5. The summed E-state index contributed by atoms with van der Waals surface area (Å²) in [5, 5.41) is 4.31. The molecule has 0 spiro atoms. The molecule has 0 aliphatic heterocycles. The molecule has 172 valence electrons. The second kappa shape index (κ2) is 8.92. The minimum absolute atomic E-state index is 0.0966. The number of benzene rings is 1. The van der Waals surface area contributed by atoms with Crippen LogP contribution >= 0.6 is 23.2 Å². The predicted octanol–water partition coefficient (Wildman–Crippen LogP) is 3.07. The third-order valence-electron chi connectivity index (χ3n) is 6.39. The molecule has 0 bridgehead atoms. The van der Waals surface area contributed by atoms with Crippen LogP contribution in [0.2, 0.25) is 10.0 Å². The highest BCUT2D eigenvalue weighted by molar-refractivity contribution is 6.42. The van der Waals surface area contributed by atoms with Crippen molar-refractivity contribution in [3.8, 4) is 0 Å². The van der Waals surface area contributed by atoms with Crippen molar-refractivity contribution in [2.24, 2.45) is 14.1 Å². The van der Waals surface area contributed by atoms with Crippen molar-refractivity contribution in [1.29, 1.82) is 0 Å². The summed E-state index contributed by atoms with van der Waals surface area (Å²) in [5.41, 5.74) is 0.663. The quantitative estimate of drug-likeness (QED) is 0.609. The number of rotatable bonds is 5. The summed E-state index contributed by atoms with van der Waals surface area (Å²) in [7, 11) is 7.65. The van der Waals surface area contributed by atoms with Crippen LogP contribution in [0.5, 0.6) is 0 Å². The van der Waals surface area contributed by atoms with Crippen LogP contribution < -0.4 is 16.6 Å². The summed E-state index contributed by atoms with van der Waals surface area (Å²) in [6.07, 6.45) is 4.38. The molecule has 2 aromatic heterocycles. The van der Waals surface area contributed by atoms with Gasteiger partial charge in [0.1, 0.15) is 0 Å². The lowest BCUT2D eigenvalue weighted by Crippen LogP contribution is -2.39. The number of hydrogen-bond donors (Lipinski definition) is 1. The van der Waals surface area contributed by atoms with E-state index < -0.39 is 5.69 Å². The van der Waals surface area contributed by atoms with Gasteiger partial charge < -0.3 is 14.8 Å². The lowest BCUT2D eigenvalue weighted by molar-refractivity contribution is 0.219. The molecule has 1 aliphatic carbocycles. The molecule has 1 fully saturated rings. The van der Waals surface area contributed by atoms with Crippen LogP contribution in [0.4, 0.5) is 5.95 Å². The number of hydrogen-bond acceptors (Lipinski definition) is 5. The van der Waals surface area contributed by atoms with Gasteiger partial charge in [0.15, 0.2) is 11.2 Å². The Morgan fingerprint density at radius 3 is 2.56 bits per heavy atom. The SMILES string of the molecule is CN(C)[C@@H]1CCC[C@H](Nc2nc3c(c(=O)n(Cc4ccc(Cl)c(Cl)c4)c(=O)n3C)n2C)C1. The van der Waals surface area contributed by atoms with Crippen molar-refractivity contribution < 1.29 is 0 Å². The molecule has 2 atom stereocenters. The molecule has 1 saturated carbocycles. The van der Waals surface area contributed by atoms with Crippen molar-refractivity contribution in [3.63, 3.8) is 0 Å². The number of anilines is 1. The zero-order valence-corrected chi connectivity index (χ0v) is 20.2. The average molecular weight is 479 g/mol. The van der Waals surface area contributed by atoms with E-state index >= 15 is 0 Å². The van der Waals surface area contributed by atoms with Crippen LogP contribution in [-0.4, -0.2) is 49.8 Å². The Morgan fingerprint density at radius 1 is 1.12 bits per heavy atom. The first kappa shape index (κ1) is 22.9. The first-order chi connectivity index (χ1) is 15.2. The normalized spacial score (nSPS) is 19.1. The maximum Gasteiger partial charge on any atom is 0.332 e. The standard InChI is InChI=1S/C22H28Cl2N6O2/c1-27(2)15-7-5-6-14(11-15)25-21-26-19-18(28(21)3)20(31)30(22(32)29(19)4)12-13-8-9-16(23)17(24)10-13/h8-10,14-15H,5-7,11-12H2,1-4H3,(H,25,26)/t14-,15+/m0/s1. The van der Waals surface area contributed by atoms with Crippen molar-refractivity contribution in [2.75, 3.05) is 19.4 Å². The summed E-state index contributed by atoms with van der Waals surface area (Å²) in [6, 6.07) is 5.86. The highest BCUT2D eigenvalue weighted by Gasteiger charge is 2.25. The zero-order chi connectivity index (χ0) is 23.2. The van der Waals surface area contributed by atoms with E-state index in [2.05, 4.69) is 29.3 Å². The monoisotopic (exact) mass is 478 g/mol. The Morgan fingerprint density at radius 2 is 1.88 bits per heavy atom. The molecule has 0 saturated heterocycles. The maximum absolute atomic E-state index is 13.3. The maximum atomic E-state index is 13.3. The molecule has 8 nitrogen and oxygen atoms in total. The fourth-order valence-electron chi connectivity index (χ4n) is 4.48. The fourth-order valence-corrected chi connectivity index (χ4v) is 4.80. The largest absolute Gasteiger partial charge is 0.353 e. The zero-order valence-electron chi connectivity index (χ0n) is 18.7. The lowest BCUT2D eigenvalue weighted by Gasteiger charge is -2.33. The fraction of sp³-hybridized carbons (Fsp3) is 0.500. The van der Waals surface area contributed by atoms with E-state index in [0.717, 1.165) is 24.8 Å². The van der Waals surface area contributed by atoms with Gasteiger partial charge in [0.25, 0.3) is 5.56 Å². The minimum Gasteiger partial charge on any atom is -0.353 e. The number of aryl methyl sites for hydroxylation is 2. The van der Waals surface area contributed by atoms with Crippen LogP contribution in [0.25, 0.3) is 11.2 Å². The molecule has 32 heavy (non-hydrogen) atoms. The Kier molecular flexibility index (Phi) is 6.38. The van der Waals surface area contributed by atoms with Crippen molar-refractivity contribution >= 4 is 40.3 Å². The molecule has 10 heteroatoms. The van der Waals surface area contributed by atoms with Crippen LogP contribution in [0, 0.1) is 0 Å². The topological polar surface area (TPSA) is 77.1 Å². The van der Waals surface area contributed by atoms with Gasteiger partial charge in [-0.25, -0.2) is 4.79 Å². The van der Waals surface area contributed by atoms with E-state index in [4.69, 9.17) is 23.2 Å². The first-order valence-electron chi connectivity index (χ1n) is 10.7. The smallest absolute Gasteiger partial charge is 0.332 e. The first-order valence-corrected chi connectivity index (χ1v) is 11.5. The van der Waals surface area contributed by atoms with Gasteiger partial charge >= 0.3 is 5.69 Å². The molecule has 4 rings (SSSR count). The second-order valence-corrected chi connectivity index (χ2v) is 9.59. The van der Waals surface area contributed by atoms with E-state index in [1.54, 1.807) is 36.9 Å². The van der Waals surface area contributed by atoms with Gasteiger partial charge in [-0.15, -0.1) is 0 Å². The highest BCUT2D eigenvalue weighted by Crippen LogP contribution is 2.25. The third-order valence-corrected chi connectivity index (χ3v) is 7.13. The summed E-state index contributed by atoms with van der Waals surface area (Å²) < 4.78 is 4.38.